The number of thiophene rings is 1. The Hall–Kier alpha value is -0.819. The number of ether oxygens (including phenoxy) is 1. The maximum Gasteiger partial charge on any atom is 0.305 e. The van der Waals surface area contributed by atoms with Crippen LogP contribution in [-0.2, 0) is 22.8 Å². The van der Waals surface area contributed by atoms with E-state index in [-0.39, 0.29) is 39.4 Å². The molecule has 9 heteroatoms. The topological polar surface area (TPSA) is 54.0 Å². The number of fused-ring (bicyclic) bond motifs is 1. The van der Waals surface area contributed by atoms with Crippen LogP contribution in [0.25, 0.3) is 10.1 Å². The Morgan fingerprint density at radius 2 is 1.25 bits per heavy atom. The Kier molecular flexibility index (Phi) is 15.1. The van der Waals surface area contributed by atoms with Gasteiger partial charge in [0.2, 0.25) is 0 Å². The molecule has 0 spiro atoms. The molecule has 51 heavy (non-hydrogen) atoms. The maximum absolute atomic E-state index is 11.7. The number of hydrogen-bond acceptors (Lipinski definition) is 6. The summed E-state index contributed by atoms with van der Waals surface area (Å²) in [6, 6.07) is 11.2. The van der Waals surface area contributed by atoms with E-state index in [1.165, 1.54) is 22.1 Å². The van der Waals surface area contributed by atoms with Crippen LogP contribution in [0.1, 0.15) is 131 Å². The highest BCUT2D eigenvalue weighted by Crippen LogP contribution is 2.51. The van der Waals surface area contributed by atoms with Gasteiger partial charge >= 0.3 is 5.97 Å². The highest BCUT2D eigenvalue weighted by Gasteiger charge is 2.51. The first-order valence-electron chi connectivity index (χ1n) is 19.9. The van der Waals surface area contributed by atoms with E-state index in [1.54, 1.807) is 0 Å². The van der Waals surface area contributed by atoms with Gasteiger partial charge in [-0.3, -0.25) is 4.79 Å². The SMILES string of the molecule is COC(=O)CCCCCC[C@@H]1[C@@H](CCC(O[Si](C)(C)C(C)(C)C)c2cc3ccccc3s2)[C@H](O[Si](C)(C)C(C)(C)C)C[C@@H]1O[Si](C)(C)C(C)(C)C. The number of unbranched alkanes of at least 4 members (excludes halogenated alkanes) is 3. The van der Waals surface area contributed by atoms with E-state index < -0.39 is 25.0 Å². The van der Waals surface area contributed by atoms with Crippen LogP contribution >= 0.6 is 11.3 Å². The largest absolute Gasteiger partial charge is 0.469 e. The molecule has 1 heterocycles. The van der Waals surface area contributed by atoms with E-state index in [0.717, 1.165) is 51.4 Å². The predicted octanol–water partition coefficient (Wildman–Crippen LogP) is 13.7. The van der Waals surface area contributed by atoms with Gasteiger partial charge in [-0.05, 0) is 116 Å². The maximum atomic E-state index is 11.7. The standard InChI is InChI=1S/C42H76O5SSi3/c1-40(2,3)49(11,12)45-34(38-29-31-23-21-22-25-37(31)48-38)28-27-33-32(24-19-17-18-20-26-39(43)44-10)35(46-50(13,14)41(4,5)6)30-36(33)47-51(15,16)42(7,8)9/h21-23,25,29,32-36H,17-20,24,26-28,30H2,1-16H3/t32-,33-,34?,35+,36-/m1/s1. The predicted molar refractivity (Wildman–Crippen MR) is 228 cm³/mol. The van der Waals surface area contributed by atoms with Gasteiger partial charge in [0.25, 0.3) is 0 Å². The summed E-state index contributed by atoms with van der Waals surface area (Å²) in [7, 11) is -4.64. The zero-order valence-corrected chi connectivity index (χ0v) is 39.4. The lowest BCUT2D eigenvalue weighted by Gasteiger charge is -2.41. The lowest BCUT2D eigenvalue weighted by molar-refractivity contribution is -0.140. The van der Waals surface area contributed by atoms with Crippen LogP contribution in [0.5, 0.6) is 0 Å². The van der Waals surface area contributed by atoms with Gasteiger partial charge in [0.15, 0.2) is 25.0 Å². The summed E-state index contributed by atoms with van der Waals surface area (Å²) >= 11 is 1.91. The molecule has 0 saturated heterocycles. The Labute approximate surface area is 320 Å². The zero-order valence-electron chi connectivity index (χ0n) is 35.6. The normalized spacial score (nSPS) is 21.7. The van der Waals surface area contributed by atoms with Gasteiger partial charge in [-0.2, -0.15) is 0 Å². The molecule has 1 saturated carbocycles. The quantitative estimate of drug-likeness (QED) is 0.0910. The summed E-state index contributed by atoms with van der Waals surface area (Å²) in [5.41, 5.74) is 0. The van der Waals surface area contributed by atoms with Crippen molar-refractivity contribution in [3.63, 3.8) is 0 Å². The van der Waals surface area contributed by atoms with Crippen molar-refractivity contribution in [2.45, 2.75) is 193 Å². The van der Waals surface area contributed by atoms with Crippen molar-refractivity contribution in [3.05, 3.63) is 35.2 Å². The van der Waals surface area contributed by atoms with Crippen molar-refractivity contribution in [2.24, 2.45) is 11.8 Å². The molecule has 5 atom stereocenters. The van der Waals surface area contributed by atoms with Gasteiger partial charge in [-0.25, -0.2) is 0 Å². The van der Waals surface area contributed by atoms with E-state index in [2.05, 4.69) is 132 Å². The average Bonchev–Trinajstić information content (AvgIpc) is 3.55. The highest BCUT2D eigenvalue weighted by molar-refractivity contribution is 7.19. The van der Waals surface area contributed by atoms with E-state index in [9.17, 15) is 4.79 Å². The Morgan fingerprint density at radius 1 is 0.745 bits per heavy atom. The average molecular weight is 777 g/mol. The van der Waals surface area contributed by atoms with Crippen LogP contribution in [0.4, 0.5) is 0 Å². The second kappa shape index (κ2) is 17.3. The molecular formula is C42H76O5SSi3. The molecular weight excluding hydrogens is 701 g/mol. The Balaban J connectivity index is 2.00. The van der Waals surface area contributed by atoms with Crippen LogP contribution in [0.3, 0.4) is 0 Å². The first-order valence-corrected chi connectivity index (χ1v) is 29.4. The third-order valence-corrected chi connectivity index (χ3v) is 27.8. The van der Waals surface area contributed by atoms with Crippen molar-refractivity contribution in [1.82, 2.24) is 0 Å². The molecule has 1 unspecified atom stereocenters. The second-order valence-corrected chi connectivity index (χ2v) is 35.4. The fraction of sp³-hybridized carbons (Fsp3) is 0.786. The van der Waals surface area contributed by atoms with Gasteiger partial charge in [-0.1, -0.05) is 99.8 Å². The summed E-state index contributed by atoms with van der Waals surface area (Å²) in [5.74, 6) is 0.738. The summed E-state index contributed by atoms with van der Waals surface area (Å²) in [6.07, 6.45) is 9.34. The molecule has 5 nitrogen and oxygen atoms in total. The number of carbonyl (C=O) groups is 1. The molecule has 1 aliphatic carbocycles. The van der Waals surface area contributed by atoms with Crippen LogP contribution in [0.15, 0.2) is 30.3 Å². The first-order chi connectivity index (χ1) is 23.3. The molecule has 1 aromatic carbocycles. The van der Waals surface area contributed by atoms with Crippen LogP contribution in [0.2, 0.25) is 54.4 Å². The van der Waals surface area contributed by atoms with Crippen molar-refractivity contribution < 1.29 is 22.8 Å². The first kappa shape index (κ1) is 44.6. The fourth-order valence-corrected chi connectivity index (χ4v) is 12.0. The minimum Gasteiger partial charge on any atom is -0.469 e. The van der Waals surface area contributed by atoms with Gasteiger partial charge in [0.05, 0.1) is 25.4 Å². The van der Waals surface area contributed by atoms with Crippen LogP contribution in [-0.4, -0.2) is 50.2 Å². The molecule has 0 bridgehead atoms. The Bertz CT molecular complexity index is 1360. The van der Waals surface area contributed by atoms with E-state index >= 15 is 0 Å². The van der Waals surface area contributed by atoms with Gasteiger partial charge in [0, 0.05) is 16.0 Å². The van der Waals surface area contributed by atoms with Crippen molar-refractivity contribution in [3.8, 4) is 0 Å². The van der Waals surface area contributed by atoms with Crippen LogP contribution < -0.4 is 0 Å². The molecule has 0 radical (unpaired) electrons. The third kappa shape index (κ3) is 11.8. The minimum atomic E-state index is -2.05. The number of hydrogen-bond donors (Lipinski definition) is 0. The monoisotopic (exact) mass is 776 g/mol. The second-order valence-electron chi connectivity index (χ2n) is 20.1. The molecule has 1 aliphatic rings. The van der Waals surface area contributed by atoms with Crippen molar-refractivity contribution in [2.75, 3.05) is 7.11 Å². The number of carbonyl (C=O) groups excluding carboxylic acids is 1. The smallest absolute Gasteiger partial charge is 0.305 e. The third-order valence-electron chi connectivity index (χ3n) is 13.1. The number of rotatable bonds is 17. The van der Waals surface area contributed by atoms with E-state index in [0.29, 0.717) is 18.3 Å². The number of methoxy groups -OCH3 is 1. The summed E-state index contributed by atoms with van der Waals surface area (Å²) in [5, 5.41) is 1.72. The molecule has 0 amide bonds. The van der Waals surface area contributed by atoms with E-state index in [4.69, 9.17) is 18.0 Å². The molecule has 3 rings (SSSR count). The molecule has 292 valence electrons. The van der Waals surface area contributed by atoms with Crippen molar-refractivity contribution in [1.29, 1.82) is 0 Å². The molecule has 1 fully saturated rings. The Morgan fingerprint density at radius 3 is 1.76 bits per heavy atom. The minimum absolute atomic E-state index is 0.0659. The van der Waals surface area contributed by atoms with Crippen LogP contribution in [0, 0.1) is 11.8 Å². The highest BCUT2D eigenvalue weighted by atomic mass is 32.1. The lowest BCUT2D eigenvalue weighted by Crippen LogP contribution is -2.45. The molecule has 1 aromatic heterocycles. The molecule has 0 N–H and O–H groups in total. The van der Waals surface area contributed by atoms with E-state index in [1.807, 2.05) is 11.3 Å². The van der Waals surface area contributed by atoms with Gasteiger partial charge < -0.3 is 18.0 Å². The lowest BCUT2D eigenvalue weighted by atomic mass is 9.84. The zero-order chi connectivity index (χ0) is 38.6. The van der Waals surface area contributed by atoms with Crippen molar-refractivity contribution >= 4 is 52.3 Å². The summed E-state index contributed by atoms with van der Waals surface area (Å²) in [4.78, 5) is 13.1. The van der Waals surface area contributed by atoms with Gasteiger partial charge in [-0.15, -0.1) is 11.3 Å². The molecule has 2 aromatic rings. The number of esters is 1. The fourth-order valence-electron chi connectivity index (χ4n) is 6.71. The summed E-state index contributed by atoms with van der Waals surface area (Å²) < 4.78 is 28.5. The van der Waals surface area contributed by atoms with Gasteiger partial charge in [0.1, 0.15) is 0 Å². The molecule has 0 aliphatic heterocycles. The summed E-state index contributed by atoms with van der Waals surface area (Å²) in [6.45, 7) is 35.7. The number of benzene rings is 1.